The maximum Gasteiger partial charge on any atom is 0.255 e. The number of hydrogen-bond acceptors (Lipinski definition) is 4. The molecule has 2 heterocycles. The highest BCUT2D eigenvalue weighted by atomic mass is 35.5. The normalized spacial score (nSPS) is 13.7. The van der Waals surface area contributed by atoms with Crippen LogP contribution in [-0.2, 0) is 13.1 Å². The van der Waals surface area contributed by atoms with Gasteiger partial charge in [0.25, 0.3) is 5.91 Å². The van der Waals surface area contributed by atoms with Crippen molar-refractivity contribution in [1.82, 2.24) is 29.9 Å². The molecule has 0 bridgehead atoms. The minimum absolute atomic E-state index is 0.199. The van der Waals surface area contributed by atoms with Gasteiger partial charge in [0.05, 0.1) is 34.7 Å². The Balaban J connectivity index is 1.62. The van der Waals surface area contributed by atoms with Crippen molar-refractivity contribution in [2.75, 3.05) is 0 Å². The van der Waals surface area contributed by atoms with Gasteiger partial charge in [0, 0.05) is 17.5 Å². The van der Waals surface area contributed by atoms with Crippen LogP contribution < -0.4 is 5.32 Å². The molecule has 2 aromatic heterocycles. The number of nitrogens with one attached hydrogen (secondary N) is 2. The fraction of sp³-hybridized carbons (Fsp3) is 0.333. The lowest BCUT2D eigenvalue weighted by Crippen LogP contribution is -2.25. The number of benzene rings is 1. The molecule has 0 atom stereocenters. The molecule has 1 fully saturated rings. The third-order valence-electron chi connectivity index (χ3n) is 4.71. The Labute approximate surface area is 176 Å². The molecule has 0 saturated heterocycles. The van der Waals surface area contributed by atoms with Crippen molar-refractivity contribution in [2.24, 2.45) is 0 Å². The van der Waals surface area contributed by atoms with Gasteiger partial charge in [-0.25, -0.2) is 4.68 Å². The molecule has 0 spiro atoms. The first kappa shape index (κ1) is 19.2. The summed E-state index contributed by atoms with van der Waals surface area (Å²) in [5, 5.41) is 15.3. The van der Waals surface area contributed by atoms with E-state index in [0.717, 1.165) is 18.5 Å². The second kappa shape index (κ2) is 7.69. The number of carbonyl (C=O) groups is 1. The summed E-state index contributed by atoms with van der Waals surface area (Å²) in [6.45, 7) is 2.93. The van der Waals surface area contributed by atoms with Gasteiger partial charge in [-0.05, 0) is 50.2 Å². The number of hydrogen-bond donors (Lipinski definition) is 2. The van der Waals surface area contributed by atoms with Crippen LogP contribution in [0.3, 0.4) is 0 Å². The highest BCUT2D eigenvalue weighted by molar-refractivity contribution is 7.71. The van der Waals surface area contributed by atoms with Crippen molar-refractivity contribution in [3.8, 4) is 5.69 Å². The van der Waals surface area contributed by atoms with E-state index in [2.05, 4.69) is 20.6 Å². The molecule has 1 aromatic carbocycles. The summed E-state index contributed by atoms with van der Waals surface area (Å²) in [5.74, 6) is 0.775. The molecule has 3 aromatic rings. The van der Waals surface area contributed by atoms with Gasteiger partial charge < -0.3 is 9.88 Å². The number of aromatic amines is 1. The van der Waals surface area contributed by atoms with Gasteiger partial charge in [-0.3, -0.25) is 9.89 Å². The molecular formula is C18H18Cl2N6OS. The zero-order chi connectivity index (χ0) is 19.8. The maximum absolute atomic E-state index is 12.9. The van der Waals surface area contributed by atoms with Crippen molar-refractivity contribution in [2.45, 2.75) is 38.8 Å². The first-order valence-electron chi connectivity index (χ1n) is 8.95. The van der Waals surface area contributed by atoms with Crippen LogP contribution in [0.5, 0.6) is 0 Å². The molecule has 2 N–H and O–H groups in total. The number of amides is 1. The fourth-order valence-corrected chi connectivity index (χ4v) is 3.96. The van der Waals surface area contributed by atoms with Crippen LogP contribution in [0, 0.1) is 4.77 Å². The smallest absolute Gasteiger partial charge is 0.255 e. The van der Waals surface area contributed by atoms with E-state index in [4.69, 9.17) is 35.4 Å². The van der Waals surface area contributed by atoms with Crippen molar-refractivity contribution in [3.63, 3.8) is 0 Å². The second-order valence-corrected chi connectivity index (χ2v) is 7.83. The number of H-pyrrole nitrogens is 1. The Hall–Kier alpha value is -2.16. The van der Waals surface area contributed by atoms with Crippen molar-refractivity contribution < 1.29 is 4.79 Å². The molecular weight excluding hydrogens is 419 g/mol. The summed E-state index contributed by atoms with van der Waals surface area (Å²) in [4.78, 5) is 12.9. The van der Waals surface area contributed by atoms with E-state index in [0.29, 0.717) is 44.4 Å². The lowest BCUT2D eigenvalue weighted by Gasteiger charge is -2.11. The SMILES string of the molecule is CCn1c(CNC(=O)c2cnn(-c3ccc(Cl)cc3Cl)c2C2CC2)n[nH]c1=S. The first-order chi connectivity index (χ1) is 13.5. The van der Waals surface area contributed by atoms with E-state index in [1.54, 1.807) is 23.0 Å². The van der Waals surface area contributed by atoms with Gasteiger partial charge in [-0.2, -0.15) is 10.2 Å². The van der Waals surface area contributed by atoms with Crippen molar-refractivity contribution in [3.05, 3.63) is 56.3 Å². The van der Waals surface area contributed by atoms with Crippen LogP contribution in [0.2, 0.25) is 10.0 Å². The van der Waals surface area contributed by atoms with Crippen LogP contribution in [0.15, 0.2) is 24.4 Å². The average Bonchev–Trinajstić information content (AvgIpc) is 3.31. The van der Waals surface area contributed by atoms with E-state index in [1.807, 2.05) is 17.6 Å². The Bertz CT molecular complexity index is 1100. The highest BCUT2D eigenvalue weighted by Crippen LogP contribution is 2.43. The minimum Gasteiger partial charge on any atom is -0.345 e. The van der Waals surface area contributed by atoms with Crippen molar-refractivity contribution in [1.29, 1.82) is 0 Å². The van der Waals surface area contributed by atoms with Crippen LogP contribution in [0.1, 0.15) is 47.6 Å². The van der Waals surface area contributed by atoms with Crippen LogP contribution in [0.25, 0.3) is 5.69 Å². The molecule has 0 aliphatic heterocycles. The molecule has 1 aliphatic carbocycles. The number of aromatic nitrogens is 5. The number of nitrogens with zero attached hydrogens (tertiary/aromatic N) is 4. The average molecular weight is 437 g/mol. The van der Waals surface area contributed by atoms with Gasteiger partial charge >= 0.3 is 0 Å². The molecule has 10 heteroatoms. The van der Waals surface area contributed by atoms with Gasteiger partial charge in [0.15, 0.2) is 10.6 Å². The highest BCUT2D eigenvalue weighted by Gasteiger charge is 2.33. The standard InChI is InChI=1S/C18H18Cl2N6OS/c1-2-25-15(23-24-18(25)28)9-21-17(27)12-8-22-26(16(12)10-3-4-10)14-6-5-11(19)7-13(14)20/h5-8,10H,2-4,9H2,1H3,(H,21,27)(H,24,28). The largest absolute Gasteiger partial charge is 0.345 e. The number of rotatable bonds is 6. The lowest BCUT2D eigenvalue weighted by atomic mass is 10.1. The Morgan fingerprint density at radius 1 is 1.39 bits per heavy atom. The van der Waals surface area contributed by atoms with Crippen LogP contribution in [0.4, 0.5) is 0 Å². The lowest BCUT2D eigenvalue weighted by molar-refractivity contribution is 0.0948. The molecule has 1 saturated carbocycles. The first-order valence-corrected chi connectivity index (χ1v) is 10.1. The predicted octanol–water partition coefficient (Wildman–Crippen LogP) is 4.26. The minimum atomic E-state index is -0.199. The van der Waals surface area contributed by atoms with Gasteiger partial charge in [-0.15, -0.1) is 0 Å². The molecule has 0 unspecified atom stereocenters. The maximum atomic E-state index is 12.9. The van der Waals surface area contributed by atoms with E-state index in [1.165, 1.54) is 0 Å². The van der Waals surface area contributed by atoms with Gasteiger partial charge in [0.2, 0.25) is 0 Å². The monoisotopic (exact) mass is 436 g/mol. The summed E-state index contributed by atoms with van der Waals surface area (Å²) in [5.41, 5.74) is 2.13. The van der Waals surface area contributed by atoms with E-state index < -0.39 is 0 Å². The topological polar surface area (TPSA) is 80.5 Å². The molecule has 28 heavy (non-hydrogen) atoms. The Kier molecular flexibility index (Phi) is 5.27. The zero-order valence-corrected chi connectivity index (χ0v) is 17.4. The van der Waals surface area contributed by atoms with E-state index in [9.17, 15) is 4.79 Å². The third kappa shape index (κ3) is 3.59. The quantitative estimate of drug-likeness (QED) is 0.565. The zero-order valence-electron chi connectivity index (χ0n) is 15.1. The van der Waals surface area contributed by atoms with E-state index >= 15 is 0 Å². The van der Waals surface area contributed by atoms with Gasteiger partial charge in [0.1, 0.15) is 0 Å². The summed E-state index contributed by atoms with van der Waals surface area (Å²) >= 11 is 17.5. The molecule has 1 amide bonds. The van der Waals surface area contributed by atoms with Crippen molar-refractivity contribution >= 4 is 41.3 Å². The molecule has 4 rings (SSSR count). The second-order valence-electron chi connectivity index (χ2n) is 6.60. The van der Waals surface area contributed by atoms with Crippen LogP contribution in [-0.4, -0.2) is 30.5 Å². The summed E-state index contributed by atoms with van der Waals surface area (Å²) in [6, 6.07) is 5.24. The molecule has 7 nitrogen and oxygen atoms in total. The molecule has 0 radical (unpaired) electrons. The summed E-state index contributed by atoms with van der Waals surface area (Å²) in [7, 11) is 0. The Morgan fingerprint density at radius 2 is 2.18 bits per heavy atom. The molecule has 1 aliphatic rings. The summed E-state index contributed by atoms with van der Waals surface area (Å²) < 4.78 is 4.12. The van der Waals surface area contributed by atoms with Gasteiger partial charge in [-0.1, -0.05) is 23.2 Å². The van der Waals surface area contributed by atoms with Crippen LogP contribution >= 0.6 is 35.4 Å². The number of halogens is 2. The number of carbonyl (C=O) groups excluding carboxylic acids is 1. The van der Waals surface area contributed by atoms with E-state index in [-0.39, 0.29) is 12.5 Å². The predicted molar refractivity (Wildman–Crippen MR) is 110 cm³/mol. The molecule has 146 valence electrons. The third-order valence-corrected chi connectivity index (χ3v) is 5.56. The summed E-state index contributed by atoms with van der Waals surface area (Å²) in [6.07, 6.45) is 3.63. The Morgan fingerprint density at radius 3 is 2.86 bits per heavy atom. The fourth-order valence-electron chi connectivity index (χ4n) is 3.19.